The maximum absolute atomic E-state index is 6.22. The Hall–Kier alpha value is -1.67. The molecule has 0 radical (unpaired) electrons. The van der Waals surface area contributed by atoms with E-state index in [2.05, 4.69) is 17.4 Å². The van der Waals surface area contributed by atoms with Crippen LogP contribution in [-0.4, -0.2) is 14.1 Å². The van der Waals surface area contributed by atoms with Gasteiger partial charge in [-0.05, 0) is 23.8 Å². The zero-order valence-corrected chi connectivity index (χ0v) is 11.4. The summed E-state index contributed by atoms with van der Waals surface area (Å²) in [6.45, 7) is 0.804. The van der Waals surface area contributed by atoms with Crippen molar-refractivity contribution in [2.24, 2.45) is 0 Å². The topological polar surface area (TPSA) is 15.3 Å². The van der Waals surface area contributed by atoms with Crippen molar-refractivity contribution in [1.82, 2.24) is 0 Å². The van der Waals surface area contributed by atoms with Gasteiger partial charge in [-0.25, -0.2) is 0 Å². The fourth-order valence-corrected chi connectivity index (χ4v) is 2.13. The predicted octanol–water partition coefficient (Wildman–Crippen LogP) is 4.02. The molecular formula is C15H17ClN2. The molecule has 0 saturated heterocycles. The number of benzene rings is 2. The molecule has 0 unspecified atom stereocenters. The highest BCUT2D eigenvalue weighted by atomic mass is 35.5. The van der Waals surface area contributed by atoms with E-state index in [4.69, 9.17) is 11.6 Å². The molecule has 0 fully saturated rings. The molecule has 0 heterocycles. The summed E-state index contributed by atoms with van der Waals surface area (Å²) in [5.41, 5.74) is 3.32. The molecule has 1 N–H and O–H groups in total. The normalized spacial score (nSPS) is 10.2. The van der Waals surface area contributed by atoms with Crippen LogP contribution in [0.5, 0.6) is 0 Å². The molecule has 0 bridgehead atoms. The average molecular weight is 261 g/mol. The van der Waals surface area contributed by atoms with Gasteiger partial charge in [0.15, 0.2) is 0 Å². The van der Waals surface area contributed by atoms with Gasteiger partial charge in [-0.1, -0.05) is 41.9 Å². The minimum absolute atomic E-state index is 0.762. The number of halogens is 1. The summed E-state index contributed by atoms with van der Waals surface area (Å²) in [4.78, 5) is 2.00. The second-order valence-corrected chi connectivity index (χ2v) is 4.81. The second-order valence-electron chi connectivity index (χ2n) is 4.40. The van der Waals surface area contributed by atoms with Crippen molar-refractivity contribution >= 4 is 23.0 Å². The molecule has 2 aromatic carbocycles. The van der Waals surface area contributed by atoms with E-state index in [-0.39, 0.29) is 0 Å². The number of hydrogen-bond donors (Lipinski definition) is 1. The highest BCUT2D eigenvalue weighted by Crippen LogP contribution is 2.27. The van der Waals surface area contributed by atoms with Gasteiger partial charge >= 0.3 is 0 Å². The summed E-state index contributed by atoms with van der Waals surface area (Å²) < 4.78 is 0. The Bertz CT molecular complexity index is 509. The van der Waals surface area contributed by atoms with Gasteiger partial charge in [-0.2, -0.15) is 0 Å². The van der Waals surface area contributed by atoms with Crippen LogP contribution in [0.15, 0.2) is 48.5 Å². The Morgan fingerprint density at radius 3 is 2.39 bits per heavy atom. The zero-order valence-electron chi connectivity index (χ0n) is 10.7. The zero-order chi connectivity index (χ0) is 13.0. The highest BCUT2D eigenvalue weighted by molar-refractivity contribution is 6.33. The van der Waals surface area contributed by atoms with E-state index >= 15 is 0 Å². The van der Waals surface area contributed by atoms with Gasteiger partial charge in [0.05, 0.1) is 10.7 Å². The Kier molecular flexibility index (Phi) is 4.11. The summed E-state index contributed by atoms with van der Waals surface area (Å²) in [6.07, 6.45) is 0. The van der Waals surface area contributed by atoms with Crippen LogP contribution in [0, 0.1) is 0 Å². The maximum Gasteiger partial charge on any atom is 0.0659 e. The lowest BCUT2D eigenvalue weighted by molar-refractivity contribution is 1.12. The quantitative estimate of drug-likeness (QED) is 0.893. The van der Waals surface area contributed by atoms with Crippen LogP contribution in [0.3, 0.4) is 0 Å². The number of nitrogens with zero attached hydrogens (tertiary/aromatic N) is 1. The minimum Gasteiger partial charge on any atom is -0.381 e. The summed E-state index contributed by atoms with van der Waals surface area (Å²) in [5, 5.41) is 4.13. The van der Waals surface area contributed by atoms with E-state index in [0.29, 0.717) is 0 Å². The summed E-state index contributed by atoms with van der Waals surface area (Å²) in [6, 6.07) is 16.3. The molecular weight excluding hydrogens is 244 g/mol. The second kappa shape index (κ2) is 5.78. The van der Waals surface area contributed by atoms with Crippen molar-refractivity contribution in [3.05, 3.63) is 59.1 Å². The molecule has 3 heteroatoms. The van der Waals surface area contributed by atoms with Crippen LogP contribution >= 0.6 is 11.6 Å². The van der Waals surface area contributed by atoms with Crippen molar-refractivity contribution in [1.29, 1.82) is 0 Å². The van der Waals surface area contributed by atoms with Gasteiger partial charge in [0.1, 0.15) is 0 Å². The van der Waals surface area contributed by atoms with E-state index in [1.165, 1.54) is 5.56 Å². The Balaban J connectivity index is 2.05. The lowest BCUT2D eigenvalue weighted by Gasteiger charge is -2.15. The standard InChI is InChI=1S/C15H17ClN2/c1-18(2)15-9-8-13(10-14(15)16)17-11-12-6-4-3-5-7-12/h3-10,17H,11H2,1-2H3. The third-order valence-electron chi connectivity index (χ3n) is 2.77. The van der Waals surface area contributed by atoms with E-state index in [0.717, 1.165) is 22.9 Å². The van der Waals surface area contributed by atoms with Crippen LogP contribution in [-0.2, 0) is 6.54 Å². The van der Waals surface area contributed by atoms with Gasteiger partial charge in [0, 0.05) is 26.3 Å². The van der Waals surface area contributed by atoms with Gasteiger partial charge in [-0.3, -0.25) is 0 Å². The van der Waals surface area contributed by atoms with Crippen LogP contribution in [0.1, 0.15) is 5.56 Å². The fraction of sp³-hybridized carbons (Fsp3) is 0.200. The monoisotopic (exact) mass is 260 g/mol. The van der Waals surface area contributed by atoms with Crippen molar-refractivity contribution in [3.8, 4) is 0 Å². The molecule has 0 aliphatic rings. The molecule has 0 atom stereocenters. The Morgan fingerprint density at radius 1 is 1.06 bits per heavy atom. The molecule has 0 aliphatic carbocycles. The lowest BCUT2D eigenvalue weighted by atomic mass is 10.2. The molecule has 94 valence electrons. The van der Waals surface area contributed by atoms with E-state index in [1.807, 2.05) is 55.4 Å². The van der Waals surface area contributed by atoms with Crippen molar-refractivity contribution in [2.45, 2.75) is 6.54 Å². The first-order valence-corrected chi connectivity index (χ1v) is 6.29. The maximum atomic E-state index is 6.22. The van der Waals surface area contributed by atoms with Crippen LogP contribution < -0.4 is 10.2 Å². The van der Waals surface area contributed by atoms with Crippen molar-refractivity contribution < 1.29 is 0 Å². The van der Waals surface area contributed by atoms with Gasteiger partial charge in [-0.15, -0.1) is 0 Å². The molecule has 0 saturated carbocycles. The van der Waals surface area contributed by atoms with Crippen molar-refractivity contribution in [3.63, 3.8) is 0 Å². The molecule has 2 rings (SSSR count). The Morgan fingerprint density at radius 2 is 1.78 bits per heavy atom. The summed E-state index contributed by atoms with van der Waals surface area (Å²) >= 11 is 6.22. The van der Waals surface area contributed by atoms with Crippen LogP contribution in [0.4, 0.5) is 11.4 Å². The van der Waals surface area contributed by atoms with Gasteiger partial charge < -0.3 is 10.2 Å². The number of rotatable bonds is 4. The SMILES string of the molecule is CN(C)c1ccc(NCc2ccccc2)cc1Cl. The highest BCUT2D eigenvalue weighted by Gasteiger charge is 2.03. The first-order chi connectivity index (χ1) is 8.66. The molecule has 2 nitrogen and oxygen atoms in total. The van der Waals surface area contributed by atoms with Crippen LogP contribution in [0.25, 0.3) is 0 Å². The summed E-state index contributed by atoms with van der Waals surface area (Å²) in [5.74, 6) is 0. The van der Waals surface area contributed by atoms with Crippen LogP contribution in [0.2, 0.25) is 5.02 Å². The first kappa shape index (κ1) is 12.8. The minimum atomic E-state index is 0.762. The van der Waals surface area contributed by atoms with E-state index in [9.17, 15) is 0 Å². The van der Waals surface area contributed by atoms with Crippen molar-refractivity contribution in [2.75, 3.05) is 24.3 Å². The molecule has 0 amide bonds. The number of anilines is 2. The number of hydrogen-bond acceptors (Lipinski definition) is 2. The predicted molar refractivity (Wildman–Crippen MR) is 79.5 cm³/mol. The lowest BCUT2D eigenvalue weighted by Crippen LogP contribution is -2.09. The smallest absolute Gasteiger partial charge is 0.0659 e. The molecule has 0 aliphatic heterocycles. The van der Waals surface area contributed by atoms with E-state index in [1.54, 1.807) is 0 Å². The third kappa shape index (κ3) is 3.17. The Labute approximate surface area is 113 Å². The van der Waals surface area contributed by atoms with Gasteiger partial charge in [0.25, 0.3) is 0 Å². The first-order valence-electron chi connectivity index (χ1n) is 5.91. The van der Waals surface area contributed by atoms with Gasteiger partial charge in [0.2, 0.25) is 0 Å². The third-order valence-corrected chi connectivity index (χ3v) is 3.07. The fourth-order valence-electron chi connectivity index (χ4n) is 1.78. The number of nitrogens with one attached hydrogen (secondary N) is 1. The average Bonchev–Trinajstić information content (AvgIpc) is 2.37. The largest absolute Gasteiger partial charge is 0.381 e. The molecule has 2 aromatic rings. The van der Waals surface area contributed by atoms with E-state index < -0.39 is 0 Å². The molecule has 0 aromatic heterocycles. The molecule has 0 spiro atoms. The summed E-state index contributed by atoms with van der Waals surface area (Å²) in [7, 11) is 3.97. The molecule has 18 heavy (non-hydrogen) atoms.